The van der Waals surface area contributed by atoms with Crippen molar-refractivity contribution in [1.82, 2.24) is 0 Å². The summed E-state index contributed by atoms with van der Waals surface area (Å²) in [6, 6.07) is 13.2. The van der Waals surface area contributed by atoms with Crippen molar-refractivity contribution in [1.29, 1.82) is 0 Å². The molecule has 0 bridgehead atoms. The molecule has 2 nitrogen and oxygen atoms in total. The molecule has 2 aromatic rings. The van der Waals surface area contributed by atoms with E-state index in [9.17, 15) is 18.3 Å². The fourth-order valence-corrected chi connectivity index (χ4v) is 2.40. The van der Waals surface area contributed by atoms with Crippen molar-refractivity contribution in [3.05, 3.63) is 54.1 Å². The van der Waals surface area contributed by atoms with Crippen LogP contribution in [-0.4, -0.2) is 11.3 Å². The highest BCUT2D eigenvalue weighted by Crippen LogP contribution is 2.42. The van der Waals surface area contributed by atoms with Gasteiger partial charge in [-0.05, 0) is 36.1 Å². The Morgan fingerprint density at radius 1 is 1.00 bits per heavy atom. The summed E-state index contributed by atoms with van der Waals surface area (Å²) in [5.41, 5.74) is 3.18. The number of nitrogens with two attached hydrogens (primary N) is 1. The Balaban J connectivity index is 2.13. The van der Waals surface area contributed by atoms with Crippen molar-refractivity contribution in [3.8, 4) is 23.0 Å². The maximum atomic E-state index is 13.6. The lowest BCUT2D eigenvalue weighted by molar-refractivity contribution is -0.240. The van der Waals surface area contributed by atoms with E-state index in [1.165, 1.54) is 12.1 Å². The minimum Gasteiger partial charge on any atom is -0.398 e. The van der Waals surface area contributed by atoms with Gasteiger partial charge in [0.2, 0.25) is 5.60 Å². The predicted octanol–water partition coefficient (Wildman–Crippen LogP) is 4.10. The average Bonchev–Trinajstić information content (AvgIpc) is 3.37. The zero-order valence-electron chi connectivity index (χ0n) is 12.8. The Morgan fingerprint density at radius 3 is 2.25 bits per heavy atom. The predicted molar refractivity (Wildman–Crippen MR) is 86.7 cm³/mol. The molecule has 0 aromatic heterocycles. The Labute approximate surface area is 138 Å². The van der Waals surface area contributed by atoms with E-state index in [0.717, 1.165) is 18.4 Å². The third kappa shape index (κ3) is 3.10. The quantitative estimate of drug-likeness (QED) is 0.643. The first-order chi connectivity index (χ1) is 11.3. The maximum Gasteiger partial charge on any atom is 0.433 e. The molecule has 1 aliphatic carbocycles. The molecule has 0 aliphatic heterocycles. The number of hydrogen-bond acceptors (Lipinski definition) is 2. The summed E-state index contributed by atoms with van der Waals surface area (Å²) in [7, 11) is 0. The number of benzene rings is 2. The molecule has 124 valence electrons. The van der Waals surface area contributed by atoms with Gasteiger partial charge in [-0.3, -0.25) is 0 Å². The monoisotopic (exact) mass is 331 g/mol. The molecule has 1 fully saturated rings. The van der Waals surface area contributed by atoms with E-state index < -0.39 is 17.3 Å². The minimum absolute atomic E-state index is 0.0718. The van der Waals surface area contributed by atoms with Gasteiger partial charge in [0.15, 0.2) is 0 Å². The first-order valence-electron chi connectivity index (χ1n) is 7.58. The zero-order valence-corrected chi connectivity index (χ0v) is 12.8. The largest absolute Gasteiger partial charge is 0.433 e. The van der Waals surface area contributed by atoms with Crippen LogP contribution < -0.4 is 5.73 Å². The summed E-state index contributed by atoms with van der Waals surface area (Å²) in [5, 5.41) is 10.4. The summed E-state index contributed by atoms with van der Waals surface area (Å²) >= 11 is 0. The highest BCUT2D eigenvalue weighted by Gasteiger charge is 2.55. The highest BCUT2D eigenvalue weighted by molar-refractivity contribution is 5.69. The Hall–Kier alpha value is -2.45. The fourth-order valence-electron chi connectivity index (χ4n) is 2.40. The summed E-state index contributed by atoms with van der Waals surface area (Å²) < 4.78 is 40.7. The molecular weight excluding hydrogens is 315 g/mol. The van der Waals surface area contributed by atoms with E-state index in [1.807, 2.05) is 12.0 Å². The van der Waals surface area contributed by atoms with Gasteiger partial charge < -0.3 is 10.8 Å². The molecule has 5 heteroatoms. The molecule has 3 rings (SSSR count). The summed E-state index contributed by atoms with van der Waals surface area (Å²) in [6.07, 6.45) is -3.42. The van der Waals surface area contributed by atoms with E-state index in [2.05, 4.69) is 5.92 Å². The standard InChI is InChI=1S/C19H16F3NO/c20-19(21,22)18(24,11-10-13-6-7-13)16-12-15(8-9-17(16)23)14-4-2-1-3-5-14/h1-5,8-9,12-13,24H,6-7,23H2/t18-/m1/s1. The van der Waals surface area contributed by atoms with Crippen LogP contribution in [0.25, 0.3) is 11.1 Å². The average molecular weight is 331 g/mol. The van der Waals surface area contributed by atoms with Gasteiger partial charge in [-0.15, -0.1) is 0 Å². The number of nitrogen functional groups attached to an aromatic ring is 1. The van der Waals surface area contributed by atoms with Crippen LogP contribution in [0, 0.1) is 17.8 Å². The molecule has 0 heterocycles. The lowest BCUT2D eigenvalue weighted by atomic mass is 9.89. The summed E-state index contributed by atoms with van der Waals surface area (Å²) in [5.74, 6) is 4.48. The molecule has 0 saturated heterocycles. The van der Waals surface area contributed by atoms with Crippen molar-refractivity contribution < 1.29 is 18.3 Å². The van der Waals surface area contributed by atoms with Gasteiger partial charge in [-0.1, -0.05) is 48.2 Å². The van der Waals surface area contributed by atoms with Crippen LogP contribution in [-0.2, 0) is 5.60 Å². The number of rotatable bonds is 2. The molecule has 0 spiro atoms. The molecule has 0 amide bonds. The van der Waals surface area contributed by atoms with Gasteiger partial charge in [-0.2, -0.15) is 13.2 Å². The van der Waals surface area contributed by atoms with Crippen molar-refractivity contribution in [2.24, 2.45) is 5.92 Å². The Kier molecular flexibility index (Phi) is 4.02. The van der Waals surface area contributed by atoms with Crippen molar-refractivity contribution in [2.75, 3.05) is 5.73 Å². The van der Waals surface area contributed by atoms with Crippen LogP contribution in [0.1, 0.15) is 18.4 Å². The molecule has 3 N–H and O–H groups in total. The van der Waals surface area contributed by atoms with Crippen LogP contribution >= 0.6 is 0 Å². The van der Waals surface area contributed by atoms with Gasteiger partial charge in [0.05, 0.1) is 0 Å². The van der Waals surface area contributed by atoms with Crippen molar-refractivity contribution in [3.63, 3.8) is 0 Å². The first kappa shape index (κ1) is 16.4. The molecule has 1 atom stereocenters. The molecule has 0 radical (unpaired) electrons. The molecule has 24 heavy (non-hydrogen) atoms. The molecule has 1 saturated carbocycles. The van der Waals surface area contributed by atoms with Gasteiger partial charge >= 0.3 is 6.18 Å². The molecule has 2 aromatic carbocycles. The molecule has 0 unspecified atom stereocenters. The second-order valence-corrected chi connectivity index (χ2v) is 5.92. The third-order valence-corrected chi connectivity index (χ3v) is 3.99. The minimum atomic E-state index is -4.95. The number of aliphatic hydroxyl groups is 1. The van der Waals surface area contributed by atoms with Crippen LogP contribution in [0.2, 0.25) is 0 Å². The van der Waals surface area contributed by atoms with E-state index in [4.69, 9.17) is 5.73 Å². The summed E-state index contributed by atoms with van der Waals surface area (Å²) in [4.78, 5) is 0. The molecular formula is C19H16F3NO. The number of hydrogen-bond donors (Lipinski definition) is 2. The van der Waals surface area contributed by atoms with Crippen molar-refractivity contribution >= 4 is 5.69 Å². The Morgan fingerprint density at radius 2 is 1.67 bits per heavy atom. The van der Waals surface area contributed by atoms with Gasteiger partial charge in [0, 0.05) is 17.2 Å². The summed E-state index contributed by atoms with van der Waals surface area (Å²) in [6.45, 7) is 0. The van der Waals surface area contributed by atoms with Crippen LogP contribution in [0.15, 0.2) is 48.5 Å². The highest BCUT2D eigenvalue weighted by atomic mass is 19.4. The normalized spacial score (nSPS) is 16.8. The van der Waals surface area contributed by atoms with Crippen LogP contribution in [0.5, 0.6) is 0 Å². The molecule has 1 aliphatic rings. The van der Waals surface area contributed by atoms with E-state index in [1.54, 1.807) is 30.3 Å². The van der Waals surface area contributed by atoms with E-state index in [0.29, 0.717) is 5.56 Å². The van der Waals surface area contributed by atoms with E-state index >= 15 is 0 Å². The van der Waals surface area contributed by atoms with Crippen molar-refractivity contribution in [2.45, 2.75) is 24.6 Å². The SMILES string of the molecule is Nc1ccc(-c2ccccc2)cc1[C@](O)(C#CC1CC1)C(F)(F)F. The third-order valence-electron chi connectivity index (χ3n) is 3.99. The van der Waals surface area contributed by atoms with Crippen LogP contribution in [0.4, 0.5) is 18.9 Å². The Bertz CT molecular complexity index is 801. The fraction of sp³-hybridized carbons (Fsp3) is 0.263. The van der Waals surface area contributed by atoms with Gasteiger partial charge in [-0.25, -0.2) is 0 Å². The first-order valence-corrected chi connectivity index (χ1v) is 7.58. The lowest BCUT2D eigenvalue weighted by Gasteiger charge is -2.27. The maximum absolute atomic E-state index is 13.6. The number of halogens is 3. The zero-order chi connectivity index (χ0) is 17.4. The van der Waals surface area contributed by atoms with Gasteiger partial charge in [0.1, 0.15) is 0 Å². The van der Waals surface area contributed by atoms with Gasteiger partial charge in [0.25, 0.3) is 0 Å². The number of alkyl halides is 3. The van der Waals surface area contributed by atoms with Crippen LogP contribution in [0.3, 0.4) is 0 Å². The second-order valence-electron chi connectivity index (χ2n) is 5.92. The lowest BCUT2D eigenvalue weighted by Crippen LogP contribution is -2.41. The smallest absolute Gasteiger partial charge is 0.398 e. The number of anilines is 1. The topological polar surface area (TPSA) is 46.2 Å². The van der Waals surface area contributed by atoms with E-state index in [-0.39, 0.29) is 11.6 Å². The second kappa shape index (κ2) is 5.88.